The lowest BCUT2D eigenvalue weighted by molar-refractivity contribution is -0.132. The molecule has 0 saturated carbocycles. The summed E-state index contributed by atoms with van der Waals surface area (Å²) in [5.74, 6) is 1.63. The fourth-order valence-electron chi connectivity index (χ4n) is 2.78. The molecule has 1 aliphatic rings. The molecule has 2 aromatic heterocycles. The van der Waals surface area contributed by atoms with Gasteiger partial charge in [0.25, 0.3) is 0 Å². The molecule has 2 atom stereocenters. The molecule has 0 bridgehead atoms. The van der Waals surface area contributed by atoms with E-state index in [1.807, 2.05) is 21.7 Å². The van der Waals surface area contributed by atoms with Gasteiger partial charge < -0.3 is 9.42 Å². The summed E-state index contributed by atoms with van der Waals surface area (Å²) >= 11 is 7.51. The first-order valence-corrected chi connectivity index (χ1v) is 8.79. The zero-order valence-electron chi connectivity index (χ0n) is 12.4. The SMILES string of the molecule is CC(Cl)C(=O)N1CCCC(Cc2nc(-c3ccsc3)no2)C1. The molecule has 0 aliphatic carbocycles. The Morgan fingerprint density at radius 2 is 2.50 bits per heavy atom. The predicted molar refractivity (Wildman–Crippen MR) is 85.9 cm³/mol. The van der Waals surface area contributed by atoms with Gasteiger partial charge in [0, 0.05) is 30.5 Å². The van der Waals surface area contributed by atoms with Crippen LogP contribution in [-0.4, -0.2) is 39.4 Å². The Hall–Kier alpha value is -1.40. The molecular formula is C15H18ClN3O2S. The molecule has 3 heterocycles. The van der Waals surface area contributed by atoms with Gasteiger partial charge in [-0.1, -0.05) is 5.16 Å². The lowest BCUT2D eigenvalue weighted by Crippen LogP contribution is -2.43. The van der Waals surface area contributed by atoms with E-state index in [9.17, 15) is 4.79 Å². The topological polar surface area (TPSA) is 59.2 Å². The average Bonchev–Trinajstić information content (AvgIpc) is 3.17. The van der Waals surface area contributed by atoms with E-state index in [0.717, 1.165) is 24.9 Å². The molecular weight excluding hydrogens is 322 g/mol. The van der Waals surface area contributed by atoms with E-state index in [1.54, 1.807) is 18.3 Å². The Morgan fingerprint density at radius 3 is 3.23 bits per heavy atom. The standard InChI is InChI=1S/C15H18ClN3O2S/c1-10(16)15(20)19-5-2-3-11(8-19)7-13-17-14(18-21-13)12-4-6-22-9-12/h4,6,9-11H,2-3,5,7-8H2,1H3. The monoisotopic (exact) mass is 339 g/mol. The predicted octanol–water partition coefficient (Wildman–Crippen LogP) is 3.21. The van der Waals surface area contributed by atoms with Crippen molar-refractivity contribution in [3.05, 3.63) is 22.7 Å². The van der Waals surface area contributed by atoms with Crippen LogP contribution in [0.2, 0.25) is 0 Å². The van der Waals surface area contributed by atoms with Gasteiger partial charge in [-0.15, -0.1) is 11.6 Å². The van der Waals surface area contributed by atoms with Crippen molar-refractivity contribution in [2.24, 2.45) is 5.92 Å². The number of nitrogens with zero attached hydrogens (tertiary/aromatic N) is 3. The van der Waals surface area contributed by atoms with Crippen molar-refractivity contribution in [2.75, 3.05) is 13.1 Å². The molecule has 1 amide bonds. The molecule has 3 rings (SSSR count). The van der Waals surface area contributed by atoms with Gasteiger partial charge in [-0.05, 0) is 37.1 Å². The first-order chi connectivity index (χ1) is 10.6. The third-order valence-corrected chi connectivity index (χ3v) is 4.75. The molecule has 1 aliphatic heterocycles. The highest BCUT2D eigenvalue weighted by molar-refractivity contribution is 7.08. The second-order valence-electron chi connectivity index (χ2n) is 5.64. The molecule has 1 saturated heterocycles. The zero-order valence-corrected chi connectivity index (χ0v) is 13.9. The number of piperidine rings is 1. The summed E-state index contributed by atoms with van der Waals surface area (Å²) in [7, 11) is 0. The minimum absolute atomic E-state index is 0.0101. The van der Waals surface area contributed by atoms with Crippen LogP contribution in [0.1, 0.15) is 25.7 Å². The summed E-state index contributed by atoms with van der Waals surface area (Å²) in [6.07, 6.45) is 2.76. The van der Waals surface area contributed by atoms with Crippen LogP contribution in [0.4, 0.5) is 0 Å². The largest absolute Gasteiger partial charge is 0.341 e. The number of rotatable bonds is 4. The molecule has 1 fully saturated rings. The number of hydrogen-bond donors (Lipinski definition) is 0. The van der Waals surface area contributed by atoms with E-state index in [1.165, 1.54) is 0 Å². The van der Waals surface area contributed by atoms with Gasteiger partial charge in [0.15, 0.2) is 0 Å². The minimum atomic E-state index is -0.465. The molecule has 0 aromatic carbocycles. The second kappa shape index (κ2) is 6.79. The van der Waals surface area contributed by atoms with Gasteiger partial charge in [0.1, 0.15) is 5.38 Å². The van der Waals surface area contributed by atoms with Crippen molar-refractivity contribution < 1.29 is 9.32 Å². The maximum atomic E-state index is 12.0. The summed E-state index contributed by atoms with van der Waals surface area (Å²) in [6.45, 7) is 3.22. The van der Waals surface area contributed by atoms with Crippen molar-refractivity contribution in [2.45, 2.75) is 31.6 Å². The minimum Gasteiger partial charge on any atom is -0.341 e. The van der Waals surface area contributed by atoms with Crippen molar-refractivity contribution in [1.29, 1.82) is 0 Å². The van der Waals surface area contributed by atoms with Gasteiger partial charge in [-0.2, -0.15) is 16.3 Å². The zero-order chi connectivity index (χ0) is 15.5. The number of aromatic nitrogens is 2. The van der Waals surface area contributed by atoms with Crippen molar-refractivity contribution in [3.63, 3.8) is 0 Å². The highest BCUT2D eigenvalue weighted by Gasteiger charge is 2.27. The lowest BCUT2D eigenvalue weighted by Gasteiger charge is -2.32. The maximum absolute atomic E-state index is 12.0. The van der Waals surface area contributed by atoms with Crippen molar-refractivity contribution >= 4 is 28.8 Å². The quantitative estimate of drug-likeness (QED) is 0.802. The van der Waals surface area contributed by atoms with Gasteiger partial charge in [0.05, 0.1) is 0 Å². The van der Waals surface area contributed by atoms with Crippen LogP contribution in [0.25, 0.3) is 11.4 Å². The van der Waals surface area contributed by atoms with Crippen LogP contribution in [-0.2, 0) is 11.2 Å². The van der Waals surface area contributed by atoms with E-state index in [4.69, 9.17) is 16.1 Å². The second-order valence-corrected chi connectivity index (χ2v) is 7.07. The summed E-state index contributed by atoms with van der Waals surface area (Å²) in [6, 6.07) is 1.97. The first kappa shape index (κ1) is 15.5. The Bertz CT molecular complexity index is 627. The first-order valence-electron chi connectivity index (χ1n) is 7.41. The number of hydrogen-bond acceptors (Lipinski definition) is 5. The molecule has 0 radical (unpaired) electrons. The lowest BCUT2D eigenvalue weighted by atomic mass is 9.94. The smallest absolute Gasteiger partial charge is 0.240 e. The fourth-order valence-corrected chi connectivity index (χ4v) is 3.55. The van der Waals surface area contributed by atoms with Gasteiger partial charge in [0.2, 0.25) is 17.6 Å². The van der Waals surface area contributed by atoms with Crippen LogP contribution >= 0.6 is 22.9 Å². The molecule has 22 heavy (non-hydrogen) atoms. The maximum Gasteiger partial charge on any atom is 0.240 e. The number of thiophene rings is 1. The van der Waals surface area contributed by atoms with Crippen LogP contribution in [0.5, 0.6) is 0 Å². The van der Waals surface area contributed by atoms with E-state index in [0.29, 0.717) is 30.6 Å². The highest BCUT2D eigenvalue weighted by Crippen LogP contribution is 2.23. The van der Waals surface area contributed by atoms with Crippen LogP contribution in [0.3, 0.4) is 0 Å². The summed E-state index contributed by atoms with van der Waals surface area (Å²) in [4.78, 5) is 18.3. The Labute approximate surface area is 138 Å². The Balaban J connectivity index is 1.62. The fraction of sp³-hybridized carbons (Fsp3) is 0.533. The van der Waals surface area contributed by atoms with Crippen molar-refractivity contribution in [1.82, 2.24) is 15.0 Å². The van der Waals surface area contributed by atoms with Crippen LogP contribution in [0.15, 0.2) is 21.3 Å². The third kappa shape index (κ3) is 3.50. The van der Waals surface area contributed by atoms with E-state index in [-0.39, 0.29) is 5.91 Å². The number of halogens is 1. The number of likely N-dealkylation sites (tertiary alicyclic amines) is 1. The number of carbonyl (C=O) groups excluding carboxylic acids is 1. The van der Waals surface area contributed by atoms with Crippen LogP contribution < -0.4 is 0 Å². The van der Waals surface area contributed by atoms with Crippen molar-refractivity contribution in [3.8, 4) is 11.4 Å². The molecule has 7 heteroatoms. The molecule has 5 nitrogen and oxygen atoms in total. The molecule has 0 spiro atoms. The number of amides is 1. The highest BCUT2D eigenvalue weighted by atomic mass is 35.5. The van der Waals surface area contributed by atoms with Gasteiger partial charge >= 0.3 is 0 Å². The van der Waals surface area contributed by atoms with Gasteiger partial charge in [-0.25, -0.2) is 0 Å². The molecule has 2 unspecified atom stereocenters. The number of alkyl halides is 1. The normalized spacial score (nSPS) is 20.1. The molecule has 118 valence electrons. The Morgan fingerprint density at radius 1 is 1.64 bits per heavy atom. The molecule has 2 aromatic rings. The number of carbonyl (C=O) groups is 1. The third-order valence-electron chi connectivity index (χ3n) is 3.88. The van der Waals surface area contributed by atoms with E-state index in [2.05, 4.69) is 10.1 Å². The van der Waals surface area contributed by atoms with E-state index < -0.39 is 5.38 Å². The average molecular weight is 340 g/mol. The summed E-state index contributed by atoms with van der Waals surface area (Å²) < 4.78 is 5.35. The van der Waals surface area contributed by atoms with Crippen LogP contribution in [0, 0.1) is 5.92 Å². The Kier molecular flexibility index (Phi) is 4.78. The summed E-state index contributed by atoms with van der Waals surface area (Å²) in [5, 5.41) is 7.55. The molecule has 0 N–H and O–H groups in total. The van der Waals surface area contributed by atoms with Gasteiger partial charge in [-0.3, -0.25) is 4.79 Å². The van der Waals surface area contributed by atoms with E-state index >= 15 is 0 Å². The summed E-state index contributed by atoms with van der Waals surface area (Å²) in [5.41, 5.74) is 0.983.